The smallest absolute Gasteiger partial charge is 0.408 e. The molecule has 1 aliphatic heterocycles. The molecule has 23 heavy (non-hydrogen) atoms. The fourth-order valence-corrected chi connectivity index (χ4v) is 5.19. The summed E-state index contributed by atoms with van der Waals surface area (Å²) in [5.41, 5.74) is -0.0512. The van der Waals surface area contributed by atoms with Crippen LogP contribution in [-0.4, -0.2) is 40.7 Å². The van der Waals surface area contributed by atoms with E-state index in [2.05, 4.69) is 42.0 Å². The van der Waals surface area contributed by atoms with Gasteiger partial charge in [-0.3, -0.25) is 4.90 Å². The van der Waals surface area contributed by atoms with E-state index in [4.69, 9.17) is 4.98 Å². The fraction of sp³-hybridized carbons (Fsp3) is 0.500. The molecular weight excluding hydrogens is 378 g/mol. The van der Waals surface area contributed by atoms with Crippen molar-refractivity contribution in [3.05, 3.63) is 27.7 Å². The van der Waals surface area contributed by atoms with Gasteiger partial charge in [-0.2, -0.15) is 0 Å². The first-order valence-corrected chi connectivity index (χ1v) is 9.14. The number of carbonyl (C=O) groups is 1. The molecule has 1 aromatic carbocycles. The summed E-state index contributed by atoms with van der Waals surface area (Å²) >= 11 is 5.07. The Morgan fingerprint density at radius 2 is 2.22 bits per heavy atom. The predicted molar refractivity (Wildman–Crippen MR) is 96.1 cm³/mol. The van der Waals surface area contributed by atoms with Gasteiger partial charge in [0, 0.05) is 24.1 Å². The zero-order valence-corrected chi connectivity index (χ0v) is 15.8. The number of aromatic nitrogens is 1. The highest BCUT2D eigenvalue weighted by Gasteiger charge is 2.53. The SMILES string of the molecule is CC(C)(C)C1(c2nc3ccc(Br)cc3s2)CNCCN1C(=O)O. The molecule has 2 aromatic rings. The minimum absolute atomic E-state index is 0.288. The van der Waals surface area contributed by atoms with Gasteiger partial charge in [0.05, 0.1) is 10.2 Å². The van der Waals surface area contributed by atoms with Crippen LogP contribution < -0.4 is 5.32 Å². The van der Waals surface area contributed by atoms with Gasteiger partial charge in [0.25, 0.3) is 0 Å². The molecule has 1 fully saturated rings. The van der Waals surface area contributed by atoms with Crippen molar-refractivity contribution in [2.24, 2.45) is 5.41 Å². The van der Waals surface area contributed by atoms with E-state index >= 15 is 0 Å². The first-order valence-electron chi connectivity index (χ1n) is 7.53. The largest absolute Gasteiger partial charge is 0.465 e. The molecule has 0 bridgehead atoms. The van der Waals surface area contributed by atoms with E-state index in [1.807, 2.05) is 18.2 Å². The first kappa shape index (κ1) is 16.7. The van der Waals surface area contributed by atoms with Crippen molar-refractivity contribution < 1.29 is 9.90 Å². The monoisotopic (exact) mass is 397 g/mol. The zero-order chi connectivity index (χ0) is 16.8. The number of fused-ring (bicyclic) bond motifs is 1. The molecule has 1 aliphatic rings. The van der Waals surface area contributed by atoms with Gasteiger partial charge in [0.1, 0.15) is 10.5 Å². The summed E-state index contributed by atoms with van der Waals surface area (Å²) in [7, 11) is 0. The quantitative estimate of drug-likeness (QED) is 0.765. The van der Waals surface area contributed by atoms with Crippen LogP contribution in [0.2, 0.25) is 0 Å². The molecule has 7 heteroatoms. The average Bonchev–Trinajstić information content (AvgIpc) is 2.89. The Morgan fingerprint density at radius 1 is 1.48 bits per heavy atom. The van der Waals surface area contributed by atoms with Crippen molar-refractivity contribution in [3.8, 4) is 0 Å². The predicted octanol–water partition coefficient (Wildman–Crippen LogP) is 3.88. The van der Waals surface area contributed by atoms with E-state index in [-0.39, 0.29) is 5.41 Å². The van der Waals surface area contributed by atoms with E-state index in [0.717, 1.165) is 19.7 Å². The minimum Gasteiger partial charge on any atom is -0.465 e. The third-order valence-corrected chi connectivity index (χ3v) is 6.19. The molecule has 1 unspecified atom stereocenters. The van der Waals surface area contributed by atoms with Crippen LogP contribution in [0, 0.1) is 5.41 Å². The van der Waals surface area contributed by atoms with Crippen molar-refractivity contribution >= 4 is 43.6 Å². The molecule has 1 atom stereocenters. The average molecular weight is 398 g/mol. The summed E-state index contributed by atoms with van der Waals surface area (Å²) in [6, 6.07) is 5.97. The van der Waals surface area contributed by atoms with Crippen LogP contribution in [0.5, 0.6) is 0 Å². The van der Waals surface area contributed by atoms with Gasteiger partial charge in [-0.25, -0.2) is 9.78 Å². The van der Waals surface area contributed by atoms with Gasteiger partial charge in [0.2, 0.25) is 0 Å². The second-order valence-electron chi connectivity index (χ2n) is 6.85. The first-order chi connectivity index (χ1) is 10.8. The fourth-order valence-electron chi connectivity index (χ4n) is 3.26. The van der Waals surface area contributed by atoms with Gasteiger partial charge in [-0.05, 0) is 23.6 Å². The Labute approximate surface area is 147 Å². The Hall–Kier alpha value is -1.18. The summed E-state index contributed by atoms with van der Waals surface area (Å²) in [5, 5.41) is 14.0. The molecule has 2 N–H and O–H groups in total. The van der Waals surface area contributed by atoms with E-state index in [9.17, 15) is 9.90 Å². The number of thiazole rings is 1. The highest BCUT2D eigenvalue weighted by Crippen LogP contribution is 2.47. The zero-order valence-electron chi connectivity index (χ0n) is 13.4. The van der Waals surface area contributed by atoms with Crippen LogP contribution in [0.15, 0.2) is 22.7 Å². The molecule has 5 nitrogen and oxygen atoms in total. The Morgan fingerprint density at radius 3 is 2.87 bits per heavy atom. The second-order valence-corrected chi connectivity index (χ2v) is 8.80. The number of amides is 1. The summed E-state index contributed by atoms with van der Waals surface area (Å²) in [6.45, 7) is 7.95. The lowest BCUT2D eigenvalue weighted by Gasteiger charge is -2.52. The second kappa shape index (κ2) is 5.72. The molecule has 0 spiro atoms. The number of nitrogens with zero attached hydrogens (tertiary/aromatic N) is 2. The number of hydrogen-bond donors (Lipinski definition) is 2. The van der Waals surface area contributed by atoms with Crippen molar-refractivity contribution in [1.82, 2.24) is 15.2 Å². The van der Waals surface area contributed by atoms with Crippen LogP contribution in [0.1, 0.15) is 25.8 Å². The number of benzene rings is 1. The Bertz CT molecular complexity index is 755. The summed E-state index contributed by atoms with van der Waals surface area (Å²) in [5.74, 6) is 0. The van der Waals surface area contributed by atoms with Crippen molar-refractivity contribution in [2.75, 3.05) is 19.6 Å². The number of carboxylic acid groups (broad SMARTS) is 1. The normalized spacial score (nSPS) is 22.5. The lowest BCUT2D eigenvalue weighted by molar-refractivity contribution is -0.0183. The number of hydrogen-bond acceptors (Lipinski definition) is 4. The van der Waals surface area contributed by atoms with Crippen molar-refractivity contribution in [3.63, 3.8) is 0 Å². The maximum absolute atomic E-state index is 11.9. The molecule has 2 heterocycles. The molecule has 0 aliphatic carbocycles. The van der Waals surface area contributed by atoms with Crippen LogP contribution in [0.4, 0.5) is 4.79 Å². The molecular formula is C16H20BrN3O2S. The Kier molecular flexibility index (Phi) is 4.14. The molecule has 1 aromatic heterocycles. The van der Waals surface area contributed by atoms with Crippen molar-refractivity contribution in [2.45, 2.75) is 26.3 Å². The topological polar surface area (TPSA) is 65.5 Å². The molecule has 3 rings (SSSR count). The molecule has 1 saturated heterocycles. The maximum atomic E-state index is 11.9. The highest BCUT2D eigenvalue weighted by atomic mass is 79.9. The van der Waals surface area contributed by atoms with Gasteiger partial charge in [-0.1, -0.05) is 36.7 Å². The van der Waals surface area contributed by atoms with E-state index < -0.39 is 11.6 Å². The van der Waals surface area contributed by atoms with Crippen LogP contribution in [0.3, 0.4) is 0 Å². The third kappa shape index (κ3) is 2.64. The summed E-state index contributed by atoms with van der Waals surface area (Å²) in [4.78, 5) is 18.3. The maximum Gasteiger partial charge on any atom is 0.408 e. The summed E-state index contributed by atoms with van der Waals surface area (Å²) < 4.78 is 2.07. The van der Waals surface area contributed by atoms with Crippen LogP contribution in [-0.2, 0) is 5.54 Å². The number of rotatable bonds is 1. The minimum atomic E-state index is -0.887. The number of piperazine rings is 1. The van der Waals surface area contributed by atoms with Gasteiger partial charge < -0.3 is 10.4 Å². The lowest BCUT2D eigenvalue weighted by atomic mass is 9.71. The lowest BCUT2D eigenvalue weighted by Crippen LogP contribution is -2.66. The van der Waals surface area contributed by atoms with Gasteiger partial charge >= 0.3 is 6.09 Å². The standard InChI is InChI=1S/C16H20BrN3O2S/c1-15(2,3)16(9-18-6-7-20(16)14(21)22)13-19-11-5-4-10(17)8-12(11)23-13/h4-5,8,18H,6-7,9H2,1-3H3,(H,21,22). The van der Waals surface area contributed by atoms with E-state index in [1.54, 1.807) is 16.2 Å². The number of halogens is 1. The van der Waals surface area contributed by atoms with Crippen LogP contribution in [0.25, 0.3) is 10.2 Å². The van der Waals surface area contributed by atoms with Crippen LogP contribution >= 0.6 is 27.3 Å². The van der Waals surface area contributed by atoms with Gasteiger partial charge in [-0.15, -0.1) is 11.3 Å². The molecule has 0 saturated carbocycles. The third-order valence-electron chi connectivity index (χ3n) is 4.53. The molecule has 124 valence electrons. The highest BCUT2D eigenvalue weighted by molar-refractivity contribution is 9.10. The van der Waals surface area contributed by atoms with Gasteiger partial charge in [0.15, 0.2) is 0 Å². The molecule has 0 radical (unpaired) electrons. The molecule has 1 amide bonds. The number of nitrogens with one attached hydrogen (secondary N) is 1. The van der Waals surface area contributed by atoms with E-state index in [1.165, 1.54) is 0 Å². The summed E-state index contributed by atoms with van der Waals surface area (Å²) in [6.07, 6.45) is -0.887. The van der Waals surface area contributed by atoms with E-state index in [0.29, 0.717) is 19.6 Å². The van der Waals surface area contributed by atoms with Crippen molar-refractivity contribution in [1.29, 1.82) is 0 Å². The Balaban J connectivity index is 2.23.